The molecule has 0 aliphatic heterocycles. The van der Waals surface area contributed by atoms with Crippen molar-refractivity contribution in [3.05, 3.63) is 64.4 Å². The highest BCUT2D eigenvalue weighted by atomic mass is 35.5. The van der Waals surface area contributed by atoms with E-state index in [1.165, 1.54) is 11.8 Å². The van der Waals surface area contributed by atoms with Gasteiger partial charge in [0.2, 0.25) is 5.91 Å². The van der Waals surface area contributed by atoms with Crippen LogP contribution in [0.5, 0.6) is 0 Å². The second-order valence-electron chi connectivity index (χ2n) is 5.23. The minimum Gasteiger partial charge on any atom is -0.324 e. The highest BCUT2D eigenvalue weighted by molar-refractivity contribution is 7.99. The van der Waals surface area contributed by atoms with Gasteiger partial charge in [-0.2, -0.15) is 0 Å². The summed E-state index contributed by atoms with van der Waals surface area (Å²) in [6, 6.07) is 12.8. The summed E-state index contributed by atoms with van der Waals surface area (Å²) in [5, 5.41) is 12.4. The molecule has 8 heteroatoms. The van der Waals surface area contributed by atoms with Gasteiger partial charge in [0.15, 0.2) is 5.16 Å². The SMILES string of the molecule is Cc1ccccc1-n1cnnc1SCC(=O)Nc1ccc(Cl)cc1Cl. The maximum absolute atomic E-state index is 12.2. The second kappa shape index (κ2) is 7.91. The maximum atomic E-state index is 12.2. The third-order valence-electron chi connectivity index (χ3n) is 3.43. The van der Waals surface area contributed by atoms with E-state index in [-0.39, 0.29) is 11.7 Å². The van der Waals surface area contributed by atoms with E-state index in [0.717, 1.165) is 11.3 Å². The lowest BCUT2D eigenvalue weighted by Crippen LogP contribution is -2.14. The minimum atomic E-state index is -0.187. The van der Waals surface area contributed by atoms with Crippen molar-refractivity contribution in [2.75, 3.05) is 11.1 Å². The molecule has 0 radical (unpaired) electrons. The Labute approximate surface area is 159 Å². The molecule has 0 aliphatic carbocycles. The Morgan fingerprint density at radius 3 is 2.80 bits per heavy atom. The molecule has 5 nitrogen and oxygen atoms in total. The quantitative estimate of drug-likeness (QED) is 0.643. The summed E-state index contributed by atoms with van der Waals surface area (Å²) in [6.45, 7) is 2.01. The highest BCUT2D eigenvalue weighted by Crippen LogP contribution is 2.26. The molecule has 0 bridgehead atoms. The fourth-order valence-electron chi connectivity index (χ4n) is 2.23. The molecule has 0 aliphatic rings. The first kappa shape index (κ1) is 17.8. The van der Waals surface area contributed by atoms with Gasteiger partial charge in [0.25, 0.3) is 0 Å². The van der Waals surface area contributed by atoms with Gasteiger partial charge < -0.3 is 5.32 Å². The van der Waals surface area contributed by atoms with E-state index in [2.05, 4.69) is 15.5 Å². The Balaban J connectivity index is 1.67. The van der Waals surface area contributed by atoms with Crippen molar-refractivity contribution in [1.29, 1.82) is 0 Å². The summed E-state index contributed by atoms with van der Waals surface area (Å²) in [6.07, 6.45) is 1.64. The number of para-hydroxylation sites is 1. The number of thioether (sulfide) groups is 1. The molecule has 0 spiro atoms. The number of rotatable bonds is 5. The van der Waals surface area contributed by atoms with Gasteiger partial charge in [-0.3, -0.25) is 9.36 Å². The fourth-order valence-corrected chi connectivity index (χ4v) is 3.41. The summed E-state index contributed by atoms with van der Waals surface area (Å²) >= 11 is 13.2. The van der Waals surface area contributed by atoms with Gasteiger partial charge in [0.05, 0.1) is 22.2 Å². The first-order chi connectivity index (χ1) is 12.0. The average molecular weight is 393 g/mol. The number of amides is 1. The van der Waals surface area contributed by atoms with E-state index < -0.39 is 0 Å². The molecule has 3 rings (SSSR count). The minimum absolute atomic E-state index is 0.184. The van der Waals surface area contributed by atoms with E-state index in [1.807, 2.05) is 35.8 Å². The molecule has 128 valence electrons. The molecule has 3 aromatic rings. The van der Waals surface area contributed by atoms with Gasteiger partial charge >= 0.3 is 0 Å². The van der Waals surface area contributed by atoms with Crippen LogP contribution in [-0.4, -0.2) is 26.4 Å². The number of benzene rings is 2. The average Bonchev–Trinajstić information content (AvgIpc) is 3.04. The normalized spacial score (nSPS) is 10.7. The fraction of sp³-hybridized carbons (Fsp3) is 0.118. The zero-order valence-electron chi connectivity index (χ0n) is 13.2. The van der Waals surface area contributed by atoms with E-state index in [1.54, 1.807) is 24.5 Å². The number of anilines is 1. The molecule has 0 unspecified atom stereocenters. The molecular formula is C17H14Cl2N4OS. The number of carbonyl (C=O) groups excluding carboxylic acids is 1. The lowest BCUT2D eigenvalue weighted by Gasteiger charge is -2.10. The number of aryl methyl sites for hydroxylation is 1. The summed E-state index contributed by atoms with van der Waals surface area (Å²) < 4.78 is 1.86. The summed E-state index contributed by atoms with van der Waals surface area (Å²) in [4.78, 5) is 12.2. The van der Waals surface area contributed by atoms with Crippen molar-refractivity contribution >= 4 is 46.6 Å². The molecule has 1 N–H and O–H groups in total. The number of aromatic nitrogens is 3. The summed E-state index contributed by atoms with van der Waals surface area (Å²) in [5.74, 6) is -0.00246. The van der Waals surface area contributed by atoms with Crippen LogP contribution in [0.25, 0.3) is 5.69 Å². The predicted molar refractivity (Wildman–Crippen MR) is 102 cm³/mol. The number of hydrogen-bond acceptors (Lipinski definition) is 4. The van der Waals surface area contributed by atoms with E-state index in [9.17, 15) is 4.79 Å². The molecule has 1 amide bonds. The largest absolute Gasteiger partial charge is 0.324 e. The molecule has 0 saturated heterocycles. The van der Waals surface area contributed by atoms with Crippen molar-refractivity contribution in [3.8, 4) is 5.69 Å². The van der Waals surface area contributed by atoms with Crippen molar-refractivity contribution in [3.63, 3.8) is 0 Å². The first-order valence-corrected chi connectivity index (χ1v) is 9.12. The number of nitrogens with one attached hydrogen (secondary N) is 1. The molecule has 25 heavy (non-hydrogen) atoms. The molecule has 1 aromatic heterocycles. The molecule has 0 atom stereocenters. The molecule has 1 heterocycles. The first-order valence-electron chi connectivity index (χ1n) is 7.38. The topological polar surface area (TPSA) is 59.8 Å². The van der Waals surface area contributed by atoms with Crippen LogP contribution in [0.4, 0.5) is 5.69 Å². The lowest BCUT2D eigenvalue weighted by atomic mass is 10.2. The van der Waals surface area contributed by atoms with Crippen LogP contribution < -0.4 is 5.32 Å². The predicted octanol–water partition coefficient (Wildman–Crippen LogP) is 4.61. The molecular weight excluding hydrogens is 379 g/mol. The van der Waals surface area contributed by atoms with Crippen LogP contribution in [0.2, 0.25) is 10.0 Å². The van der Waals surface area contributed by atoms with Crippen molar-refractivity contribution in [2.45, 2.75) is 12.1 Å². The standard InChI is InChI=1S/C17H14Cl2N4OS/c1-11-4-2-3-5-15(11)23-10-20-22-17(23)25-9-16(24)21-14-7-6-12(18)8-13(14)19/h2-8,10H,9H2,1H3,(H,21,24). The van der Waals surface area contributed by atoms with Crippen LogP contribution in [0, 0.1) is 6.92 Å². The van der Waals surface area contributed by atoms with Gasteiger partial charge in [0.1, 0.15) is 6.33 Å². The van der Waals surface area contributed by atoms with E-state index in [4.69, 9.17) is 23.2 Å². The molecule has 2 aromatic carbocycles. The van der Waals surface area contributed by atoms with Gasteiger partial charge in [-0.15, -0.1) is 10.2 Å². The van der Waals surface area contributed by atoms with Crippen LogP contribution in [0.3, 0.4) is 0 Å². The van der Waals surface area contributed by atoms with Crippen molar-refractivity contribution in [2.24, 2.45) is 0 Å². The van der Waals surface area contributed by atoms with Crippen molar-refractivity contribution in [1.82, 2.24) is 14.8 Å². The Morgan fingerprint density at radius 2 is 2.04 bits per heavy atom. The number of halogens is 2. The number of nitrogens with zero attached hydrogens (tertiary/aromatic N) is 3. The number of carbonyl (C=O) groups is 1. The van der Waals surface area contributed by atoms with Gasteiger partial charge in [-0.1, -0.05) is 53.2 Å². The van der Waals surface area contributed by atoms with Crippen molar-refractivity contribution < 1.29 is 4.79 Å². The highest BCUT2D eigenvalue weighted by Gasteiger charge is 2.12. The summed E-state index contributed by atoms with van der Waals surface area (Å²) in [5.41, 5.74) is 2.61. The smallest absolute Gasteiger partial charge is 0.234 e. The van der Waals surface area contributed by atoms with Crippen LogP contribution in [0.1, 0.15) is 5.56 Å². The molecule has 0 fully saturated rings. The lowest BCUT2D eigenvalue weighted by molar-refractivity contribution is -0.113. The van der Waals surface area contributed by atoms with Crippen LogP contribution >= 0.6 is 35.0 Å². The Kier molecular flexibility index (Phi) is 5.63. The van der Waals surface area contributed by atoms with E-state index in [0.29, 0.717) is 20.9 Å². The zero-order valence-corrected chi connectivity index (χ0v) is 15.6. The van der Waals surface area contributed by atoms with Gasteiger partial charge in [-0.05, 0) is 36.8 Å². The van der Waals surface area contributed by atoms with Crippen LogP contribution in [0.15, 0.2) is 53.9 Å². The van der Waals surface area contributed by atoms with E-state index >= 15 is 0 Å². The maximum Gasteiger partial charge on any atom is 0.234 e. The van der Waals surface area contributed by atoms with Gasteiger partial charge in [0, 0.05) is 5.02 Å². The Bertz CT molecular complexity index is 913. The van der Waals surface area contributed by atoms with Crippen LogP contribution in [-0.2, 0) is 4.79 Å². The summed E-state index contributed by atoms with van der Waals surface area (Å²) in [7, 11) is 0. The monoisotopic (exact) mass is 392 g/mol. The Morgan fingerprint density at radius 1 is 1.24 bits per heavy atom. The van der Waals surface area contributed by atoms with Gasteiger partial charge in [-0.25, -0.2) is 0 Å². The molecule has 0 saturated carbocycles. The number of hydrogen-bond donors (Lipinski definition) is 1. The third-order valence-corrected chi connectivity index (χ3v) is 4.92. The third kappa shape index (κ3) is 4.34. The second-order valence-corrected chi connectivity index (χ2v) is 7.02. The Hall–Kier alpha value is -2.02. The zero-order chi connectivity index (χ0) is 17.8.